The highest BCUT2D eigenvalue weighted by Crippen LogP contribution is 2.35. The van der Waals surface area contributed by atoms with Gasteiger partial charge in [0.1, 0.15) is 4.53 Å². The van der Waals surface area contributed by atoms with E-state index in [4.69, 9.17) is 0 Å². The number of anilines is 1. The molecule has 4 heterocycles. The third-order valence-corrected chi connectivity index (χ3v) is 6.76. The van der Waals surface area contributed by atoms with E-state index in [1.165, 1.54) is 35.1 Å². The van der Waals surface area contributed by atoms with Crippen LogP contribution in [0.1, 0.15) is 44.6 Å². The molecule has 0 bridgehead atoms. The number of aromatic nitrogens is 4. The number of thiazole rings is 1. The summed E-state index contributed by atoms with van der Waals surface area (Å²) in [5.41, 5.74) is 2.63. The van der Waals surface area contributed by atoms with Gasteiger partial charge < -0.3 is 4.90 Å². The van der Waals surface area contributed by atoms with Crippen LogP contribution in [0.3, 0.4) is 0 Å². The summed E-state index contributed by atoms with van der Waals surface area (Å²) in [4.78, 5) is 37.5. The number of rotatable bonds is 7. The standard InChI is InChI=1S/C24H23N5O2S/c1-2-3-4-5-8-15-28-18-10-7-6-9-17(18)19(22(28)30)20-23(31)29-24(32-20)26-21(27-29)16-11-13-25-14-12-16/h6-7,9-14H,2-5,8,15H2,1H3. The molecule has 1 aromatic carbocycles. The molecule has 0 spiro atoms. The van der Waals surface area contributed by atoms with Gasteiger partial charge in [-0.3, -0.25) is 14.6 Å². The van der Waals surface area contributed by atoms with E-state index < -0.39 is 0 Å². The number of carbonyl (C=O) groups excluding carboxylic acids is 1. The lowest BCUT2D eigenvalue weighted by molar-refractivity contribution is -0.113. The van der Waals surface area contributed by atoms with E-state index in [9.17, 15) is 9.59 Å². The predicted molar refractivity (Wildman–Crippen MR) is 126 cm³/mol. The molecule has 32 heavy (non-hydrogen) atoms. The first-order valence-corrected chi connectivity index (χ1v) is 11.8. The minimum absolute atomic E-state index is 0.113. The molecule has 0 saturated carbocycles. The maximum absolute atomic E-state index is 13.4. The van der Waals surface area contributed by atoms with Crippen LogP contribution >= 0.6 is 11.3 Å². The number of amides is 1. The van der Waals surface area contributed by atoms with Crippen molar-refractivity contribution in [2.45, 2.75) is 39.0 Å². The van der Waals surface area contributed by atoms with E-state index in [1.807, 2.05) is 29.2 Å². The summed E-state index contributed by atoms with van der Waals surface area (Å²) >= 11 is 1.22. The van der Waals surface area contributed by atoms with Crippen LogP contribution in [0.2, 0.25) is 0 Å². The fourth-order valence-corrected chi connectivity index (χ4v) is 5.10. The fourth-order valence-electron chi connectivity index (χ4n) is 4.10. The maximum Gasteiger partial charge on any atom is 0.291 e. The first-order chi connectivity index (χ1) is 15.7. The highest BCUT2D eigenvalue weighted by molar-refractivity contribution is 7.15. The van der Waals surface area contributed by atoms with Crippen molar-refractivity contribution in [1.82, 2.24) is 19.6 Å². The van der Waals surface area contributed by atoms with Gasteiger partial charge in [0.2, 0.25) is 4.96 Å². The molecular formula is C24H23N5O2S. The average Bonchev–Trinajstić information content (AvgIpc) is 3.45. The fraction of sp³-hybridized carbons (Fsp3) is 0.292. The number of nitrogens with zero attached hydrogens (tertiary/aromatic N) is 5. The van der Waals surface area contributed by atoms with E-state index in [0.717, 1.165) is 29.7 Å². The van der Waals surface area contributed by atoms with Crippen LogP contribution in [-0.4, -0.2) is 32.0 Å². The Morgan fingerprint density at radius 1 is 0.969 bits per heavy atom. The Morgan fingerprint density at radius 2 is 1.75 bits per heavy atom. The number of unbranched alkanes of at least 4 members (excludes halogenated alkanes) is 4. The molecule has 0 aliphatic carbocycles. The van der Waals surface area contributed by atoms with Crippen LogP contribution in [0, 0.1) is 0 Å². The van der Waals surface area contributed by atoms with Crippen molar-refractivity contribution in [1.29, 1.82) is 0 Å². The van der Waals surface area contributed by atoms with E-state index in [0.29, 0.717) is 27.4 Å². The van der Waals surface area contributed by atoms with Crippen molar-refractivity contribution < 1.29 is 4.79 Å². The van der Waals surface area contributed by atoms with E-state index in [-0.39, 0.29) is 11.5 Å². The summed E-state index contributed by atoms with van der Waals surface area (Å²) in [6, 6.07) is 11.3. The lowest BCUT2D eigenvalue weighted by atomic mass is 10.1. The topological polar surface area (TPSA) is 80.5 Å². The van der Waals surface area contributed by atoms with Gasteiger partial charge in [-0.25, -0.2) is 0 Å². The van der Waals surface area contributed by atoms with E-state index in [1.54, 1.807) is 24.5 Å². The molecule has 0 radical (unpaired) electrons. The largest absolute Gasteiger partial charge is 0.308 e. The Kier molecular flexibility index (Phi) is 5.53. The number of pyridine rings is 1. The van der Waals surface area contributed by atoms with Crippen LogP contribution in [0.25, 0.3) is 21.9 Å². The lowest BCUT2D eigenvalue weighted by Crippen LogP contribution is -2.33. The van der Waals surface area contributed by atoms with E-state index in [2.05, 4.69) is 22.0 Å². The van der Waals surface area contributed by atoms with Gasteiger partial charge in [-0.1, -0.05) is 62.1 Å². The second-order valence-electron chi connectivity index (χ2n) is 7.87. The van der Waals surface area contributed by atoms with Crippen LogP contribution < -0.4 is 15.0 Å². The van der Waals surface area contributed by atoms with Crippen LogP contribution in [0.5, 0.6) is 0 Å². The Hall–Kier alpha value is -3.39. The number of benzene rings is 1. The number of fused-ring (bicyclic) bond motifs is 2. The molecule has 4 aromatic rings. The van der Waals surface area contributed by atoms with Crippen molar-refractivity contribution in [2.75, 3.05) is 11.4 Å². The van der Waals surface area contributed by atoms with Crippen LogP contribution in [-0.2, 0) is 4.79 Å². The van der Waals surface area contributed by atoms with Crippen LogP contribution in [0.4, 0.5) is 5.69 Å². The quantitative estimate of drug-likeness (QED) is 0.407. The zero-order chi connectivity index (χ0) is 22.1. The maximum atomic E-state index is 13.4. The molecule has 0 saturated heterocycles. The Morgan fingerprint density at radius 3 is 2.53 bits per heavy atom. The molecule has 0 N–H and O–H groups in total. The predicted octanol–water partition coefficient (Wildman–Crippen LogP) is 3.45. The monoisotopic (exact) mass is 445 g/mol. The van der Waals surface area contributed by atoms with Gasteiger partial charge in [0.05, 0.1) is 11.3 Å². The van der Waals surface area contributed by atoms with Gasteiger partial charge in [0, 0.05) is 30.1 Å². The van der Waals surface area contributed by atoms with Gasteiger partial charge in [0.25, 0.3) is 11.5 Å². The highest BCUT2D eigenvalue weighted by atomic mass is 32.1. The van der Waals surface area contributed by atoms with Gasteiger partial charge in [-0.15, -0.1) is 5.10 Å². The molecule has 7 nitrogen and oxygen atoms in total. The van der Waals surface area contributed by atoms with Gasteiger partial charge in [-0.05, 0) is 24.6 Å². The summed E-state index contributed by atoms with van der Waals surface area (Å²) in [5.74, 6) is 0.358. The molecule has 1 aliphatic rings. The summed E-state index contributed by atoms with van der Waals surface area (Å²) < 4.78 is 1.69. The van der Waals surface area contributed by atoms with Crippen molar-refractivity contribution in [3.63, 3.8) is 0 Å². The normalized spacial score (nSPS) is 15.0. The molecular weight excluding hydrogens is 422 g/mol. The van der Waals surface area contributed by atoms with Gasteiger partial charge in [0.15, 0.2) is 5.82 Å². The minimum atomic E-state index is -0.305. The molecule has 5 rings (SSSR count). The summed E-state index contributed by atoms with van der Waals surface area (Å²) in [6.07, 6.45) is 8.94. The minimum Gasteiger partial charge on any atom is -0.308 e. The van der Waals surface area contributed by atoms with Crippen molar-refractivity contribution in [2.24, 2.45) is 0 Å². The molecule has 0 atom stereocenters. The Balaban J connectivity index is 1.55. The SMILES string of the molecule is CCCCCCCN1C(=O)C(=c2sc3nc(-c4ccncc4)nn3c2=O)c2ccccc21. The Labute approximate surface area is 189 Å². The van der Waals surface area contributed by atoms with Crippen molar-refractivity contribution >= 4 is 33.5 Å². The number of para-hydroxylation sites is 1. The van der Waals surface area contributed by atoms with Crippen molar-refractivity contribution in [3.8, 4) is 11.4 Å². The first-order valence-electron chi connectivity index (χ1n) is 10.9. The smallest absolute Gasteiger partial charge is 0.291 e. The van der Waals surface area contributed by atoms with Gasteiger partial charge >= 0.3 is 0 Å². The Bertz CT molecular complexity index is 1390. The summed E-state index contributed by atoms with van der Waals surface area (Å²) in [6.45, 7) is 2.85. The third kappa shape index (κ3) is 3.50. The number of hydrogen-bond donors (Lipinski definition) is 0. The molecule has 1 amide bonds. The summed E-state index contributed by atoms with van der Waals surface area (Å²) in [5, 5.41) is 4.39. The second-order valence-corrected chi connectivity index (χ2v) is 8.84. The molecule has 8 heteroatoms. The molecule has 0 fully saturated rings. The first kappa shape index (κ1) is 20.5. The number of hydrogen-bond acceptors (Lipinski definition) is 6. The summed E-state index contributed by atoms with van der Waals surface area (Å²) in [7, 11) is 0. The number of carbonyl (C=O) groups is 1. The third-order valence-electron chi connectivity index (χ3n) is 5.73. The van der Waals surface area contributed by atoms with Gasteiger partial charge in [-0.2, -0.15) is 9.50 Å². The lowest BCUT2D eigenvalue weighted by Gasteiger charge is -2.16. The van der Waals surface area contributed by atoms with Crippen molar-refractivity contribution in [3.05, 3.63) is 69.2 Å². The average molecular weight is 446 g/mol. The second kappa shape index (κ2) is 8.63. The molecule has 3 aromatic heterocycles. The molecule has 162 valence electrons. The highest BCUT2D eigenvalue weighted by Gasteiger charge is 2.33. The van der Waals surface area contributed by atoms with Crippen LogP contribution in [0.15, 0.2) is 53.6 Å². The molecule has 0 unspecified atom stereocenters. The zero-order valence-corrected chi connectivity index (χ0v) is 18.6. The van der Waals surface area contributed by atoms with E-state index >= 15 is 0 Å². The zero-order valence-electron chi connectivity index (χ0n) is 17.8. The molecule has 1 aliphatic heterocycles.